The number of hydrogen-bond acceptors (Lipinski definition) is 3. The predicted octanol–water partition coefficient (Wildman–Crippen LogP) is 2.27. The molecule has 3 N–H and O–H groups in total. The van der Waals surface area contributed by atoms with Gasteiger partial charge in [0.15, 0.2) is 5.78 Å². The predicted molar refractivity (Wildman–Crippen MR) is 77.4 cm³/mol. The maximum Gasteiger partial charge on any atom is 0.319 e. The van der Waals surface area contributed by atoms with E-state index in [9.17, 15) is 14.4 Å². The lowest BCUT2D eigenvalue weighted by molar-refractivity contribution is -0.153. The lowest BCUT2D eigenvalue weighted by atomic mass is 9.69. The molecule has 0 heterocycles. The van der Waals surface area contributed by atoms with Gasteiger partial charge in [0, 0.05) is 17.8 Å². The zero-order chi connectivity index (χ0) is 15.5. The van der Waals surface area contributed by atoms with Crippen molar-refractivity contribution in [2.75, 3.05) is 11.9 Å². The summed E-state index contributed by atoms with van der Waals surface area (Å²) in [6.07, 6.45) is 2.06. The van der Waals surface area contributed by atoms with Gasteiger partial charge in [0.1, 0.15) is 0 Å². The summed E-state index contributed by atoms with van der Waals surface area (Å²) in [5.74, 6) is -0.903. The van der Waals surface area contributed by atoms with E-state index in [4.69, 9.17) is 5.11 Å². The van der Waals surface area contributed by atoms with Crippen molar-refractivity contribution >= 4 is 23.5 Å². The number of ketones is 1. The number of hydrogen-bond donors (Lipinski definition) is 3. The monoisotopic (exact) mass is 290 g/mol. The average Bonchev–Trinajstić information content (AvgIpc) is 2.37. The van der Waals surface area contributed by atoms with E-state index in [1.807, 2.05) is 0 Å². The van der Waals surface area contributed by atoms with E-state index in [0.717, 1.165) is 6.42 Å². The number of carbonyl (C=O) groups is 3. The number of carboxylic acids is 1. The summed E-state index contributed by atoms with van der Waals surface area (Å²) < 4.78 is 0. The number of benzene rings is 1. The minimum Gasteiger partial charge on any atom is -0.481 e. The second kappa shape index (κ2) is 5.95. The molecule has 6 nitrogen and oxygen atoms in total. The Morgan fingerprint density at radius 1 is 1.19 bits per heavy atom. The lowest BCUT2D eigenvalue weighted by Crippen LogP contribution is -2.48. The average molecular weight is 290 g/mol. The fraction of sp³-hybridized carbons (Fsp3) is 0.400. The minimum absolute atomic E-state index is 0.0422. The van der Waals surface area contributed by atoms with E-state index in [1.165, 1.54) is 6.92 Å². The highest BCUT2D eigenvalue weighted by Gasteiger charge is 2.44. The van der Waals surface area contributed by atoms with Gasteiger partial charge in [0.25, 0.3) is 0 Å². The molecule has 21 heavy (non-hydrogen) atoms. The molecule has 0 unspecified atom stereocenters. The largest absolute Gasteiger partial charge is 0.481 e. The van der Waals surface area contributed by atoms with Crippen LogP contribution in [-0.2, 0) is 4.79 Å². The molecule has 0 radical (unpaired) electrons. The van der Waals surface area contributed by atoms with Crippen LogP contribution in [0.5, 0.6) is 0 Å². The van der Waals surface area contributed by atoms with Crippen LogP contribution in [0.15, 0.2) is 24.3 Å². The molecular formula is C15H18N2O4. The zero-order valence-corrected chi connectivity index (χ0v) is 11.8. The summed E-state index contributed by atoms with van der Waals surface area (Å²) in [4.78, 5) is 34.1. The summed E-state index contributed by atoms with van der Waals surface area (Å²) in [5.41, 5.74) is 0.311. The third-order valence-corrected chi connectivity index (χ3v) is 3.90. The molecule has 1 saturated carbocycles. The van der Waals surface area contributed by atoms with Crippen LogP contribution in [0, 0.1) is 5.41 Å². The Labute approximate surface area is 122 Å². The number of carbonyl (C=O) groups excluding carboxylic acids is 2. The van der Waals surface area contributed by atoms with E-state index in [2.05, 4.69) is 10.6 Å². The fourth-order valence-corrected chi connectivity index (χ4v) is 2.28. The molecule has 1 aromatic rings. The van der Waals surface area contributed by atoms with Crippen molar-refractivity contribution in [3.63, 3.8) is 0 Å². The molecule has 112 valence electrons. The molecule has 1 aromatic carbocycles. The molecule has 1 fully saturated rings. The SMILES string of the molecule is CC(=O)c1ccc(NC(=O)NCC2(C(=O)O)CCC2)cc1. The molecule has 0 saturated heterocycles. The first kappa shape index (κ1) is 15.0. The van der Waals surface area contributed by atoms with Crippen molar-refractivity contribution in [1.82, 2.24) is 5.32 Å². The Kier molecular flexibility index (Phi) is 4.26. The standard InChI is InChI=1S/C15H18N2O4/c1-10(18)11-3-5-12(6-4-11)17-14(21)16-9-15(13(19)20)7-2-8-15/h3-6H,2,7-9H2,1H3,(H,19,20)(H2,16,17,21). The van der Waals surface area contributed by atoms with Gasteiger partial charge in [-0.15, -0.1) is 0 Å². The number of anilines is 1. The Hall–Kier alpha value is -2.37. The maximum atomic E-state index is 11.8. The molecule has 0 aliphatic heterocycles. The Balaban J connectivity index is 1.87. The van der Waals surface area contributed by atoms with Crippen LogP contribution in [0.2, 0.25) is 0 Å². The van der Waals surface area contributed by atoms with Crippen LogP contribution in [-0.4, -0.2) is 29.4 Å². The molecule has 2 amide bonds. The normalized spacial score (nSPS) is 15.7. The van der Waals surface area contributed by atoms with Gasteiger partial charge in [-0.2, -0.15) is 0 Å². The number of rotatable bonds is 5. The lowest BCUT2D eigenvalue weighted by Gasteiger charge is -2.37. The molecule has 6 heteroatoms. The summed E-state index contributed by atoms with van der Waals surface area (Å²) >= 11 is 0. The molecule has 0 spiro atoms. The Morgan fingerprint density at radius 2 is 1.81 bits per heavy atom. The van der Waals surface area contributed by atoms with Gasteiger partial charge in [-0.05, 0) is 44.0 Å². The second-order valence-electron chi connectivity index (χ2n) is 5.38. The number of nitrogens with one attached hydrogen (secondary N) is 2. The van der Waals surface area contributed by atoms with Crippen LogP contribution in [0.4, 0.5) is 10.5 Å². The van der Waals surface area contributed by atoms with E-state index in [0.29, 0.717) is 24.1 Å². The van der Waals surface area contributed by atoms with Gasteiger partial charge in [0.2, 0.25) is 0 Å². The smallest absolute Gasteiger partial charge is 0.319 e. The van der Waals surface area contributed by atoms with Gasteiger partial charge in [-0.25, -0.2) is 4.79 Å². The minimum atomic E-state index is -0.861. The van der Waals surface area contributed by atoms with Crippen molar-refractivity contribution in [2.45, 2.75) is 26.2 Å². The molecule has 0 bridgehead atoms. The molecule has 2 rings (SSSR count). The molecule has 0 atom stereocenters. The fourth-order valence-electron chi connectivity index (χ4n) is 2.28. The maximum absolute atomic E-state index is 11.8. The topological polar surface area (TPSA) is 95.5 Å². The van der Waals surface area contributed by atoms with Crippen molar-refractivity contribution in [1.29, 1.82) is 0 Å². The van der Waals surface area contributed by atoms with Crippen molar-refractivity contribution in [3.05, 3.63) is 29.8 Å². The third kappa shape index (κ3) is 3.39. The second-order valence-corrected chi connectivity index (χ2v) is 5.38. The van der Waals surface area contributed by atoms with Crippen LogP contribution in [0.3, 0.4) is 0 Å². The van der Waals surface area contributed by atoms with Crippen molar-refractivity contribution < 1.29 is 19.5 Å². The number of carboxylic acid groups (broad SMARTS) is 1. The highest BCUT2D eigenvalue weighted by atomic mass is 16.4. The summed E-state index contributed by atoms with van der Waals surface area (Å²) in [6, 6.07) is 6.07. The first-order valence-electron chi connectivity index (χ1n) is 6.82. The molecule has 1 aliphatic rings. The quantitative estimate of drug-likeness (QED) is 0.725. The first-order valence-corrected chi connectivity index (χ1v) is 6.82. The van der Waals surface area contributed by atoms with Crippen LogP contribution < -0.4 is 10.6 Å². The van der Waals surface area contributed by atoms with Gasteiger partial charge >= 0.3 is 12.0 Å². The van der Waals surface area contributed by atoms with Gasteiger partial charge in [-0.1, -0.05) is 6.42 Å². The van der Waals surface area contributed by atoms with E-state index >= 15 is 0 Å². The summed E-state index contributed by atoms with van der Waals surface area (Å²) in [5, 5.41) is 14.4. The Morgan fingerprint density at radius 3 is 2.24 bits per heavy atom. The summed E-state index contributed by atoms with van der Waals surface area (Å²) in [7, 11) is 0. The van der Waals surface area contributed by atoms with Crippen LogP contribution >= 0.6 is 0 Å². The van der Waals surface area contributed by atoms with Crippen molar-refractivity contribution in [3.8, 4) is 0 Å². The number of Topliss-reactive ketones (excluding diaryl/α,β-unsaturated/α-hetero) is 1. The van der Waals surface area contributed by atoms with Gasteiger partial charge in [0.05, 0.1) is 5.41 Å². The molecular weight excluding hydrogens is 272 g/mol. The van der Waals surface area contributed by atoms with E-state index < -0.39 is 17.4 Å². The highest BCUT2D eigenvalue weighted by molar-refractivity contribution is 5.95. The zero-order valence-electron chi connectivity index (χ0n) is 11.8. The van der Waals surface area contributed by atoms with Crippen LogP contribution in [0.1, 0.15) is 36.5 Å². The Bertz CT molecular complexity index is 562. The third-order valence-electron chi connectivity index (χ3n) is 3.90. The van der Waals surface area contributed by atoms with E-state index in [-0.39, 0.29) is 12.3 Å². The van der Waals surface area contributed by atoms with Gasteiger partial charge in [-0.3, -0.25) is 9.59 Å². The number of aliphatic carboxylic acids is 1. The highest BCUT2D eigenvalue weighted by Crippen LogP contribution is 2.40. The summed E-state index contributed by atoms with van der Waals surface area (Å²) in [6.45, 7) is 1.60. The first-order chi connectivity index (χ1) is 9.93. The van der Waals surface area contributed by atoms with Gasteiger partial charge < -0.3 is 15.7 Å². The van der Waals surface area contributed by atoms with Crippen molar-refractivity contribution in [2.24, 2.45) is 5.41 Å². The van der Waals surface area contributed by atoms with E-state index in [1.54, 1.807) is 24.3 Å². The number of urea groups is 1. The van der Waals surface area contributed by atoms with Crippen LogP contribution in [0.25, 0.3) is 0 Å². The molecule has 1 aliphatic carbocycles. The number of amides is 2. The molecule has 0 aromatic heterocycles.